The molecule has 1 fully saturated rings. The van der Waals surface area contributed by atoms with Crippen molar-refractivity contribution in [1.29, 1.82) is 0 Å². The zero-order valence-corrected chi connectivity index (χ0v) is 16.0. The summed E-state index contributed by atoms with van der Waals surface area (Å²) in [6.07, 6.45) is 1.44. The van der Waals surface area contributed by atoms with Crippen molar-refractivity contribution in [3.05, 3.63) is 24.3 Å². The Morgan fingerprint density at radius 3 is 2.52 bits per heavy atom. The summed E-state index contributed by atoms with van der Waals surface area (Å²) in [5.74, 6) is 0.449. The number of amides is 4. The number of urea groups is 1. The zero-order chi connectivity index (χ0) is 19.9. The molecule has 0 aromatic heterocycles. The molecule has 0 atom stereocenters. The van der Waals surface area contributed by atoms with Crippen molar-refractivity contribution in [2.45, 2.75) is 45.6 Å². The van der Waals surface area contributed by atoms with Gasteiger partial charge in [-0.05, 0) is 57.9 Å². The lowest BCUT2D eigenvalue weighted by molar-refractivity contribution is -0.120. The number of nitrogens with one attached hydrogen (secondary N) is 2. The van der Waals surface area contributed by atoms with Crippen LogP contribution >= 0.6 is 0 Å². The lowest BCUT2D eigenvalue weighted by Gasteiger charge is -2.26. The summed E-state index contributed by atoms with van der Waals surface area (Å²) >= 11 is 0. The van der Waals surface area contributed by atoms with E-state index in [9.17, 15) is 14.4 Å². The van der Waals surface area contributed by atoms with Crippen LogP contribution in [0.1, 0.15) is 40.0 Å². The van der Waals surface area contributed by atoms with Gasteiger partial charge in [0, 0.05) is 25.2 Å². The topological polar surface area (TPSA) is 97.0 Å². The fourth-order valence-electron chi connectivity index (χ4n) is 2.45. The minimum absolute atomic E-state index is 0.252. The highest BCUT2D eigenvalue weighted by molar-refractivity contribution is 6.05. The molecule has 0 unspecified atom stereocenters. The monoisotopic (exact) mass is 377 g/mol. The highest BCUT2D eigenvalue weighted by Crippen LogP contribution is 2.21. The molecule has 2 rings (SSSR count). The van der Waals surface area contributed by atoms with E-state index in [1.807, 2.05) is 20.8 Å². The van der Waals surface area contributed by atoms with Crippen molar-refractivity contribution in [3.63, 3.8) is 0 Å². The third kappa shape index (κ3) is 7.16. The average Bonchev–Trinajstić information content (AvgIpc) is 2.57. The van der Waals surface area contributed by atoms with Crippen LogP contribution in [0.3, 0.4) is 0 Å². The van der Waals surface area contributed by atoms with Crippen LogP contribution in [0.2, 0.25) is 0 Å². The first-order valence-corrected chi connectivity index (χ1v) is 9.06. The number of hydrogen-bond donors (Lipinski definition) is 2. The molecule has 1 heterocycles. The summed E-state index contributed by atoms with van der Waals surface area (Å²) < 4.78 is 10.8. The average molecular weight is 377 g/mol. The molecular formula is C19H27N3O5. The molecule has 0 bridgehead atoms. The normalized spacial score (nSPS) is 14.6. The number of benzene rings is 1. The van der Waals surface area contributed by atoms with Gasteiger partial charge in [-0.1, -0.05) is 0 Å². The molecule has 8 nitrogen and oxygen atoms in total. The van der Waals surface area contributed by atoms with Crippen LogP contribution in [0.15, 0.2) is 24.3 Å². The third-order valence-electron chi connectivity index (χ3n) is 3.71. The van der Waals surface area contributed by atoms with Gasteiger partial charge in [-0.2, -0.15) is 0 Å². The molecule has 1 aliphatic rings. The number of hydrogen-bond acceptors (Lipinski definition) is 5. The molecule has 0 saturated carbocycles. The Balaban J connectivity index is 1.65. The van der Waals surface area contributed by atoms with Gasteiger partial charge in [0.2, 0.25) is 5.91 Å². The summed E-state index contributed by atoms with van der Waals surface area (Å²) in [6.45, 7) is 6.89. The number of alkyl carbamates (subject to hydrolysis) is 1. The maximum Gasteiger partial charge on any atom is 0.407 e. The van der Waals surface area contributed by atoms with E-state index >= 15 is 0 Å². The molecular weight excluding hydrogens is 350 g/mol. The van der Waals surface area contributed by atoms with Crippen molar-refractivity contribution in [1.82, 2.24) is 10.6 Å². The van der Waals surface area contributed by atoms with Crippen LogP contribution in [0.5, 0.6) is 5.75 Å². The van der Waals surface area contributed by atoms with E-state index in [0.29, 0.717) is 37.6 Å². The minimum Gasteiger partial charge on any atom is -0.494 e. The van der Waals surface area contributed by atoms with Crippen LogP contribution in [-0.4, -0.2) is 43.3 Å². The van der Waals surface area contributed by atoms with Gasteiger partial charge in [0.1, 0.15) is 11.4 Å². The molecule has 0 aliphatic carbocycles. The van der Waals surface area contributed by atoms with Crippen LogP contribution in [0.4, 0.5) is 15.3 Å². The molecule has 27 heavy (non-hydrogen) atoms. The van der Waals surface area contributed by atoms with E-state index in [1.165, 1.54) is 4.90 Å². The predicted molar refractivity (Wildman–Crippen MR) is 101 cm³/mol. The third-order valence-corrected chi connectivity index (χ3v) is 3.71. The number of rotatable bonds is 7. The van der Waals surface area contributed by atoms with Crippen molar-refractivity contribution >= 4 is 23.7 Å². The Morgan fingerprint density at radius 1 is 1.19 bits per heavy atom. The van der Waals surface area contributed by atoms with Gasteiger partial charge in [-0.25, -0.2) is 9.59 Å². The highest BCUT2D eigenvalue weighted by Gasteiger charge is 2.24. The second-order valence-corrected chi connectivity index (χ2v) is 7.23. The number of anilines is 1. The first kappa shape index (κ1) is 20.5. The van der Waals surface area contributed by atoms with Crippen molar-refractivity contribution in [2.75, 3.05) is 24.6 Å². The Bertz CT molecular complexity index is 667. The van der Waals surface area contributed by atoms with Crippen LogP contribution < -0.4 is 20.3 Å². The molecule has 8 heteroatoms. The molecule has 1 aliphatic heterocycles. The summed E-state index contributed by atoms with van der Waals surface area (Å²) in [5.41, 5.74) is 0.220. The van der Waals surface area contributed by atoms with E-state index in [0.717, 1.165) is 12.8 Å². The van der Waals surface area contributed by atoms with E-state index in [4.69, 9.17) is 9.47 Å². The molecule has 0 spiro atoms. The smallest absolute Gasteiger partial charge is 0.407 e. The minimum atomic E-state index is -0.496. The number of nitrogens with zero attached hydrogens (tertiary/aromatic N) is 1. The number of ether oxygens (including phenoxy) is 2. The molecule has 1 saturated heterocycles. The summed E-state index contributed by atoms with van der Waals surface area (Å²) in [5, 5.41) is 5.00. The predicted octanol–water partition coefficient (Wildman–Crippen LogP) is 2.82. The second-order valence-electron chi connectivity index (χ2n) is 7.23. The first-order chi connectivity index (χ1) is 12.7. The number of unbranched alkanes of at least 4 members (excludes halogenated alkanes) is 1. The van der Waals surface area contributed by atoms with E-state index < -0.39 is 17.7 Å². The molecule has 4 amide bonds. The van der Waals surface area contributed by atoms with Crippen LogP contribution in [-0.2, 0) is 9.53 Å². The van der Waals surface area contributed by atoms with Gasteiger partial charge in [-0.15, -0.1) is 0 Å². The lowest BCUT2D eigenvalue weighted by atomic mass is 10.2. The Hall–Kier alpha value is -2.77. The van der Waals surface area contributed by atoms with E-state index in [2.05, 4.69) is 10.6 Å². The fraction of sp³-hybridized carbons (Fsp3) is 0.526. The van der Waals surface area contributed by atoms with Gasteiger partial charge >= 0.3 is 12.1 Å². The second kappa shape index (κ2) is 9.25. The Labute approximate surface area is 159 Å². The largest absolute Gasteiger partial charge is 0.494 e. The Kier molecular flexibility index (Phi) is 7.04. The molecule has 0 radical (unpaired) electrons. The standard InChI is InChI=1S/C19H27N3O5/c1-19(2,3)27-18(25)20-11-4-5-13-26-15-8-6-14(7-9-15)22-12-10-16(23)21-17(22)24/h6-9H,4-5,10-13H2,1-3H3,(H,20,25)(H,21,23,24). The van der Waals surface area contributed by atoms with Crippen LogP contribution in [0.25, 0.3) is 0 Å². The maximum atomic E-state index is 11.8. The zero-order valence-electron chi connectivity index (χ0n) is 16.0. The van der Waals surface area contributed by atoms with Crippen LogP contribution in [0, 0.1) is 0 Å². The molecule has 148 valence electrons. The summed E-state index contributed by atoms with van der Waals surface area (Å²) in [7, 11) is 0. The maximum absolute atomic E-state index is 11.8. The fourth-order valence-corrected chi connectivity index (χ4v) is 2.45. The van der Waals surface area contributed by atoms with Gasteiger partial charge in [0.05, 0.1) is 6.61 Å². The van der Waals surface area contributed by atoms with Crippen molar-refractivity contribution in [3.8, 4) is 5.75 Å². The van der Waals surface area contributed by atoms with Gasteiger partial charge < -0.3 is 14.8 Å². The van der Waals surface area contributed by atoms with E-state index in [-0.39, 0.29) is 5.91 Å². The van der Waals surface area contributed by atoms with Gasteiger partial charge in [0.25, 0.3) is 0 Å². The highest BCUT2D eigenvalue weighted by atomic mass is 16.6. The Morgan fingerprint density at radius 2 is 1.89 bits per heavy atom. The van der Waals surface area contributed by atoms with Gasteiger partial charge in [0.15, 0.2) is 0 Å². The summed E-state index contributed by atoms with van der Waals surface area (Å²) in [4.78, 5) is 36.0. The molecule has 2 N–H and O–H groups in total. The number of carbonyl (C=O) groups is 3. The SMILES string of the molecule is CC(C)(C)OC(=O)NCCCCOc1ccc(N2CCC(=O)NC2=O)cc1. The first-order valence-electron chi connectivity index (χ1n) is 9.06. The molecule has 1 aromatic rings. The lowest BCUT2D eigenvalue weighted by Crippen LogP contribution is -2.49. The summed E-state index contributed by atoms with van der Waals surface area (Å²) in [6, 6.07) is 6.75. The van der Waals surface area contributed by atoms with E-state index in [1.54, 1.807) is 24.3 Å². The van der Waals surface area contributed by atoms with Crippen molar-refractivity contribution in [2.24, 2.45) is 0 Å². The van der Waals surface area contributed by atoms with Gasteiger partial charge in [-0.3, -0.25) is 15.0 Å². The quantitative estimate of drug-likeness (QED) is 0.712. The molecule has 1 aromatic carbocycles. The number of carbonyl (C=O) groups excluding carboxylic acids is 3. The number of imide groups is 1. The van der Waals surface area contributed by atoms with Crippen molar-refractivity contribution < 1.29 is 23.9 Å².